The van der Waals surface area contributed by atoms with Crippen LogP contribution in [0.5, 0.6) is 0 Å². The number of anilines is 1. The second kappa shape index (κ2) is 8.98. The topological polar surface area (TPSA) is 65.5 Å². The molecule has 0 saturated carbocycles. The summed E-state index contributed by atoms with van der Waals surface area (Å²) in [6, 6.07) is 6.67. The quantitative estimate of drug-likeness (QED) is 0.835. The number of halogens is 2. The predicted molar refractivity (Wildman–Crippen MR) is 105 cm³/mol. The zero-order chi connectivity index (χ0) is 21.0. The SMILES string of the molecule is CN(C)c1ncccc1CNC(=O)C1CCN(C(=O)c2ccc(F)cc2F)CC1. The Morgan fingerprint density at radius 2 is 1.93 bits per heavy atom. The Kier molecular flexibility index (Phi) is 6.41. The zero-order valence-corrected chi connectivity index (χ0v) is 16.5. The summed E-state index contributed by atoms with van der Waals surface area (Å²) in [7, 11) is 3.79. The van der Waals surface area contributed by atoms with E-state index in [1.165, 1.54) is 4.90 Å². The summed E-state index contributed by atoms with van der Waals surface area (Å²) in [5, 5.41) is 2.94. The number of hydrogen-bond donors (Lipinski definition) is 1. The third-order valence-electron chi connectivity index (χ3n) is 5.06. The summed E-state index contributed by atoms with van der Waals surface area (Å²) < 4.78 is 26.9. The Hall–Kier alpha value is -3.03. The number of nitrogens with zero attached hydrogens (tertiary/aromatic N) is 3. The van der Waals surface area contributed by atoms with Crippen LogP contribution in [0.4, 0.5) is 14.6 Å². The maximum atomic E-state index is 13.9. The highest BCUT2D eigenvalue weighted by Crippen LogP contribution is 2.21. The lowest BCUT2D eigenvalue weighted by molar-refractivity contribution is -0.126. The highest BCUT2D eigenvalue weighted by molar-refractivity contribution is 5.94. The monoisotopic (exact) mass is 402 g/mol. The van der Waals surface area contributed by atoms with E-state index in [4.69, 9.17) is 0 Å². The third-order valence-corrected chi connectivity index (χ3v) is 5.06. The predicted octanol–water partition coefficient (Wildman–Crippen LogP) is 2.59. The number of likely N-dealkylation sites (tertiary alicyclic amines) is 1. The van der Waals surface area contributed by atoms with Crippen LogP contribution in [-0.2, 0) is 11.3 Å². The molecule has 1 aliphatic rings. The lowest BCUT2D eigenvalue weighted by Crippen LogP contribution is -2.43. The highest BCUT2D eigenvalue weighted by atomic mass is 19.1. The highest BCUT2D eigenvalue weighted by Gasteiger charge is 2.29. The van der Waals surface area contributed by atoms with Gasteiger partial charge in [0.2, 0.25) is 5.91 Å². The smallest absolute Gasteiger partial charge is 0.256 e. The van der Waals surface area contributed by atoms with E-state index in [2.05, 4.69) is 10.3 Å². The van der Waals surface area contributed by atoms with Crippen molar-refractivity contribution in [1.82, 2.24) is 15.2 Å². The molecule has 8 heteroatoms. The average molecular weight is 402 g/mol. The fraction of sp³-hybridized carbons (Fsp3) is 0.381. The summed E-state index contributed by atoms with van der Waals surface area (Å²) in [5.41, 5.74) is 0.771. The van der Waals surface area contributed by atoms with Crippen LogP contribution >= 0.6 is 0 Å². The van der Waals surface area contributed by atoms with Gasteiger partial charge in [-0.15, -0.1) is 0 Å². The van der Waals surface area contributed by atoms with E-state index in [1.807, 2.05) is 31.1 Å². The summed E-state index contributed by atoms with van der Waals surface area (Å²) in [4.78, 5) is 32.7. The molecule has 1 aromatic carbocycles. The molecular weight excluding hydrogens is 378 g/mol. The first kappa shape index (κ1) is 20.7. The number of benzene rings is 1. The molecule has 6 nitrogen and oxygen atoms in total. The van der Waals surface area contributed by atoms with Crippen LogP contribution in [-0.4, -0.2) is 48.9 Å². The van der Waals surface area contributed by atoms with Gasteiger partial charge in [0.05, 0.1) is 5.56 Å². The Balaban J connectivity index is 1.54. The molecule has 2 amide bonds. The second-order valence-corrected chi connectivity index (χ2v) is 7.29. The third kappa shape index (κ3) is 4.88. The van der Waals surface area contributed by atoms with Gasteiger partial charge in [-0.3, -0.25) is 9.59 Å². The molecule has 1 fully saturated rings. The van der Waals surface area contributed by atoms with Gasteiger partial charge in [-0.1, -0.05) is 6.07 Å². The number of hydrogen-bond acceptors (Lipinski definition) is 4. The molecule has 0 radical (unpaired) electrons. The number of carbonyl (C=O) groups excluding carboxylic acids is 2. The fourth-order valence-corrected chi connectivity index (χ4v) is 3.48. The molecule has 1 N–H and O–H groups in total. The van der Waals surface area contributed by atoms with Crippen LogP contribution < -0.4 is 10.2 Å². The van der Waals surface area contributed by atoms with Gasteiger partial charge in [-0.2, -0.15) is 0 Å². The fourth-order valence-electron chi connectivity index (χ4n) is 3.48. The number of piperidine rings is 1. The molecule has 2 heterocycles. The number of carbonyl (C=O) groups is 2. The van der Waals surface area contributed by atoms with Crippen molar-refractivity contribution in [2.75, 3.05) is 32.1 Å². The zero-order valence-electron chi connectivity index (χ0n) is 16.5. The molecule has 1 aromatic heterocycles. The Labute approximate surface area is 168 Å². The summed E-state index contributed by atoms with van der Waals surface area (Å²) in [6.07, 6.45) is 2.69. The van der Waals surface area contributed by atoms with Gasteiger partial charge < -0.3 is 15.1 Å². The van der Waals surface area contributed by atoms with E-state index < -0.39 is 17.5 Å². The van der Waals surface area contributed by atoms with Crippen molar-refractivity contribution in [3.05, 3.63) is 59.3 Å². The molecule has 0 atom stereocenters. The second-order valence-electron chi connectivity index (χ2n) is 7.29. The van der Waals surface area contributed by atoms with E-state index in [0.717, 1.165) is 23.5 Å². The van der Waals surface area contributed by atoms with Crippen molar-refractivity contribution >= 4 is 17.6 Å². The van der Waals surface area contributed by atoms with Crippen LogP contribution in [0, 0.1) is 17.6 Å². The van der Waals surface area contributed by atoms with Gasteiger partial charge in [0.1, 0.15) is 17.5 Å². The number of pyridine rings is 1. The molecule has 154 valence electrons. The van der Waals surface area contributed by atoms with Gasteiger partial charge >= 0.3 is 0 Å². The van der Waals surface area contributed by atoms with Crippen molar-refractivity contribution in [3.63, 3.8) is 0 Å². The van der Waals surface area contributed by atoms with Crippen molar-refractivity contribution in [2.45, 2.75) is 19.4 Å². The molecule has 3 rings (SSSR count). The van der Waals surface area contributed by atoms with Crippen molar-refractivity contribution in [1.29, 1.82) is 0 Å². The number of nitrogens with one attached hydrogen (secondary N) is 1. The molecule has 0 bridgehead atoms. The standard InChI is InChI=1S/C21H24F2N4O2/c1-26(2)19-15(4-3-9-24-19)13-25-20(28)14-7-10-27(11-8-14)21(29)17-6-5-16(22)12-18(17)23/h3-6,9,12,14H,7-8,10-11,13H2,1-2H3,(H,25,28). The minimum atomic E-state index is -0.872. The van der Waals surface area contributed by atoms with Crippen LogP contribution in [0.2, 0.25) is 0 Å². The van der Waals surface area contributed by atoms with E-state index >= 15 is 0 Å². The first-order chi connectivity index (χ1) is 13.9. The van der Waals surface area contributed by atoms with E-state index in [9.17, 15) is 18.4 Å². The molecule has 29 heavy (non-hydrogen) atoms. The van der Waals surface area contributed by atoms with Crippen LogP contribution in [0.15, 0.2) is 36.5 Å². The summed E-state index contributed by atoms with van der Waals surface area (Å²) >= 11 is 0. The lowest BCUT2D eigenvalue weighted by atomic mass is 9.95. The molecule has 0 unspecified atom stereocenters. The van der Waals surface area contributed by atoms with Crippen molar-refractivity contribution in [2.24, 2.45) is 5.92 Å². The van der Waals surface area contributed by atoms with Crippen LogP contribution in [0.3, 0.4) is 0 Å². The normalized spacial score (nSPS) is 14.6. The molecule has 2 aromatic rings. The summed E-state index contributed by atoms with van der Waals surface area (Å²) in [5.74, 6) is -1.56. The summed E-state index contributed by atoms with van der Waals surface area (Å²) in [6.45, 7) is 1.08. The number of rotatable bonds is 5. The lowest BCUT2D eigenvalue weighted by Gasteiger charge is -2.31. The van der Waals surface area contributed by atoms with Gasteiger partial charge in [0, 0.05) is 57.5 Å². The minimum Gasteiger partial charge on any atom is -0.362 e. The molecule has 1 saturated heterocycles. The van der Waals surface area contributed by atoms with E-state index in [-0.39, 0.29) is 17.4 Å². The van der Waals surface area contributed by atoms with E-state index in [0.29, 0.717) is 38.5 Å². The molecular formula is C21H24F2N4O2. The average Bonchev–Trinajstić information content (AvgIpc) is 2.72. The minimum absolute atomic E-state index is 0.0707. The Morgan fingerprint density at radius 3 is 2.59 bits per heavy atom. The van der Waals surface area contributed by atoms with Crippen LogP contribution in [0.25, 0.3) is 0 Å². The van der Waals surface area contributed by atoms with Gasteiger partial charge in [0.15, 0.2) is 0 Å². The Bertz CT molecular complexity index is 896. The molecule has 1 aliphatic heterocycles. The van der Waals surface area contributed by atoms with Gasteiger partial charge in [-0.05, 0) is 31.0 Å². The first-order valence-corrected chi connectivity index (χ1v) is 9.50. The molecule has 0 aliphatic carbocycles. The number of amides is 2. The maximum Gasteiger partial charge on any atom is 0.256 e. The van der Waals surface area contributed by atoms with Crippen molar-refractivity contribution in [3.8, 4) is 0 Å². The van der Waals surface area contributed by atoms with Crippen molar-refractivity contribution < 1.29 is 18.4 Å². The molecule has 0 spiro atoms. The largest absolute Gasteiger partial charge is 0.362 e. The maximum absolute atomic E-state index is 13.9. The van der Waals surface area contributed by atoms with Gasteiger partial charge in [0.25, 0.3) is 5.91 Å². The first-order valence-electron chi connectivity index (χ1n) is 9.50. The number of aromatic nitrogens is 1. The van der Waals surface area contributed by atoms with E-state index in [1.54, 1.807) is 6.20 Å². The van der Waals surface area contributed by atoms with Gasteiger partial charge in [-0.25, -0.2) is 13.8 Å². The Morgan fingerprint density at radius 1 is 1.21 bits per heavy atom. The van der Waals surface area contributed by atoms with Crippen LogP contribution in [0.1, 0.15) is 28.8 Å².